The highest BCUT2D eigenvalue weighted by atomic mass is 32.2. The zero-order valence-electron chi connectivity index (χ0n) is 14.2. The van der Waals surface area contributed by atoms with Gasteiger partial charge in [-0.1, -0.05) is 48.5 Å². The Bertz CT molecular complexity index is 761. The summed E-state index contributed by atoms with van der Waals surface area (Å²) >= 11 is 0. The predicted molar refractivity (Wildman–Crippen MR) is 101 cm³/mol. The first-order valence-electron chi connectivity index (χ1n) is 9.66. The molecule has 2 aromatic carbocycles. The third kappa shape index (κ3) is 1.01. The largest absolute Gasteiger partial charge is 0.192 e. The summed E-state index contributed by atoms with van der Waals surface area (Å²) in [7, 11) is 0.573. The van der Waals surface area contributed by atoms with Crippen molar-refractivity contribution in [1.82, 2.24) is 0 Å². The van der Waals surface area contributed by atoms with Gasteiger partial charge in [0.1, 0.15) is 0 Å². The third-order valence-corrected chi connectivity index (χ3v) is 12.3. The number of fused-ring (bicyclic) bond motifs is 2. The van der Waals surface area contributed by atoms with Crippen molar-refractivity contribution in [3.05, 3.63) is 70.8 Å². The summed E-state index contributed by atoms with van der Waals surface area (Å²) in [4.78, 5) is 0. The van der Waals surface area contributed by atoms with Gasteiger partial charge in [0, 0.05) is 34.6 Å². The van der Waals surface area contributed by atoms with Gasteiger partial charge in [-0.2, -0.15) is 0 Å². The molecule has 0 radical (unpaired) electrons. The van der Waals surface area contributed by atoms with Gasteiger partial charge in [-0.25, -0.2) is 0 Å². The molecule has 4 atom stereocenters. The molecular formula is C23H23S+. The molecule has 0 aromatic heterocycles. The Morgan fingerprint density at radius 1 is 0.625 bits per heavy atom. The van der Waals surface area contributed by atoms with E-state index < -0.39 is 0 Å². The van der Waals surface area contributed by atoms with Crippen LogP contribution in [0.15, 0.2) is 48.5 Å². The van der Waals surface area contributed by atoms with Gasteiger partial charge in [0.05, 0.1) is 6.26 Å². The zero-order valence-corrected chi connectivity index (χ0v) is 15.0. The summed E-state index contributed by atoms with van der Waals surface area (Å²) in [5.41, 5.74) is 6.97. The van der Waals surface area contributed by atoms with E-state index in [9.17, 15) is 0 Å². The maximum absolute atomic E-state index is 2.66. The van der Waals surface area contributed by atoms with Gasteiger partial charge in [-0.05, 0) is 47.9 Å². The molecule has 6 aliphatic carbocycles. The van der Waals surface area contributed by atoms with Gasteiger partial charge in [0.2, 0.25) is 0 Å². The van der Waals surface area contributed by atoms with Crippen LogP contribution in [-0.4, -0.2) is 15.7 Å². The van der Waals surface area contributed by atoms with Crippen LogP contribution in [0.1, 0.15) is 71.6 Å². The average Bonchev–Trinajstić information content (AvgIpc) is 3.28. The van der Waals surface area contributed by atoms with E-state index in [2.05, 4.69) is 54.8 Å². The van der Waals surface area contributed by atoms with Crippen LogP contribution in [0.25, 0.3) is 0 Å². The fraction of sp³-hybridized carbons (Fsp3) is 0.478. The van der Waals surface area contributed by atoms with E-state index >= 15 is 0 Å². The van der Waals surface area contributed by atoms with Gasteiger partial charge in [0.25, 0.3) is 0 Å². The fourth-order valence-electron chi connectivity index (χ4n) is 8.32. The van der Waals surface area contributed by atoms with Crippen LogP contribution >= 0.6 is 0 Å². The van der Waals surface area contributed by atoms with Crippen molar-refractivity contribution in [2.45, 2.75) is 58.8 Å². The highest BCUT2D eigenvalue weighted by molar-refractivity contribution is 8.06. The lowest BCUT2D eigenvalue weighted by Crippen LogP contribution is -2.56. The summed E-state index contributed by atoms with van der Waals surface area (Å²) in [6, 6.07) is 19.1. The van der Waals surface area contributed by atoms with E-state index in [0.717, 1.165) is 23.7 Å². The second-order valence-electron chi connectivity index (χ2n) is 8.72. The first-order valence-corrected chi connectivity index (χ1v) is 11.3. The molecule has 7 aliphatic rings. The molecule has 0 spiro atoms. The monoisotopic (exact) mass is 331 g/mol. The Labute approximate surface area is 147 Å². The van der Waals surface area contributed by atoms with Crippen LogP contribution in [0.5, 0.6) is 0 Å². The second-order valence-corrected chi connectivity index (χ2v) is 11.1. The zero-order chi connectivity index (χ0) is 15.7. The average molecular weight is 332 g/mol. The van der Waals surface area contributed by atoms with Crippen molar-refractivity contribution >= 4 is 10.9 Å². The normalized spacial score (nSPS) is 48.3. The molecule has 1 heterocycles. The summed E-state index contributed by atoms with van der Waals surface area (Å²) in [6.45, 7) is 0. The van der Waals surface area contributed by atoms with Crippen LogP contribution in [0.4, 0.5) is 0 Å². The molecule has 1 saturated heterocycles. The maximum atomic E-state index is 2.66. The smallest absolute Gasteiger partial charge is 0.0620 e. The van der Waals surface area contributed by atoms with E-state index in [-0.39, 0.29) is 0 Å². The molecule has 0 N–H and O–H groups in total. The maximum Gasteiger partial charge on any atom is 0.192 e. The molecular weight excluding hydrogens is 308 g/mol. The van der Waals surface area contributed by atoms with E-state index in [1.165, 1.54) is 25.7 Å². The molecule has 1 heteroatoms. The Morgan fingerprint density at radius 3 is 1.21 bits per heavy atom. The first-order chi connectivity index (χ1) is 11.8. The third-order valence-electron chi connectivity index (χ3n) is 8.63. The van der Waals surface area contributed by atoms with E-state index in [1.807, 2.05) is 0 Å². The van der Waals surface area contributed by atoms with Crippen LogP contribution in [-0.2, 0) is 10.9 Å². The van der Waals surface area contributed by atoms with Crippen molar-refractivity contribution in [3.8, 4) is 0 Å². The Hall–Kier alpha value is -1.21. The number of hydrogen-bond donors (Lipinski definition) is 0. The lowest BCUT2D eigenvalue weighted by atomic mass is 9.43. The Kier molecular flexibility index (Phi) is 2.07. The number of benzene rings is 2. The summed E-state index contributed by atoms with van der Waals surface area (Å²) in [5, 5.41) is 0. The van der Waals surface area contributed by atoms with Gasteiger partial charge < -0.3 is 0 Å². The minimum atomic E-state index is 0.573. The van der Waals surface area contributed by atoms with Gasteiger partial charge in [-0.3, -0.25) is 0 Å². The molecule has 9 rings (SSSR count). The van der Waals surface area contributed by atoms with Gasteiger partial charge in [-0.15, -0.1) is 0 Å². The molecule has 0 nitrogen and oxygen atoms in total. The van der Waals surface area contributed by atoms with E-state index in [1.54, 1.807) is 22.3 Å². The van der Waals surface area contributed by atoms with Crippen LogP contribution < -0.4 is 0 Å². The predicted octanol–water partition coefficient (Wildman–Crippen LogP) is 5.08. The van der Waals surface area contributed by atoms with Gasteiger partial charge in [0.15, 0.2) is 9.49 Å². The van der Waals surface area contributed by atoms with Crippen molar-refractivity contribution in [2.24, 2.45) is 0 Å². The molecule has 0 amide bonds. The highest BCUT2D eigenvalue weighted by Crippen LogP contribution is 2.88. The fourth-order valence-corrected chi connectivity index (χ4v) is 12.9. The minimum Gasteiger partial charge on any atom is -0.0620 e. The minimum absolute atomic E-state index is 0.573. The van der Waals surface area contributed by atoms with Gasteiger partial charge >= 0.3 is 0 Å². The summed E-state index contributed by atoms with van der Waals surface area (Å²) in [6.07, 6.45) is 8.46. The van der Waals surface area contributed by atoms with E-state index in [0.29, 0.717) is 20.4 Å². The first kappa shape index (κ1) is 13.1. The SMILES string of the molecule is C[S+]1C23C4CCC(c5ccccc54)C12C1CCC3c2ccccc21. The van der Waals surface area contributed by atoms with E-state index in [4.69, 9.17) is 0 Å². The molecule has 3 fully saturated rings. The second kappa shape index (κ2) is 3.80. The highest BCUT2D eigenvalue weighted by Gasteiger charge is 2.99. The van der Waals surface area contributed by atoms with Crippen LogP contribution in [0, 0.1) is 0 Å². The molecule has 1 aliphatic heterocycles. The molecule has 4 bridgehead atoms. The van der Waals surface area contributed by atoms with Crippen molar-refractivity contribution in [3.63, 3.8) is 0 Å². The van der Waals surface area contributed by atoms with Crippen LogP contribution in [0.2, 0.25) is 0 Å². The topological polar surface area (TPSA) is 0 Å². The van der Waals surface area contributed by atoms with Crippen LogP contribution in [0.3, 0.4) is 0 Å². The molecule has 2 saturated carbocycles. The molecule has 120 valence electrons. The lowest BCUT2D eigenvalue weighted by molar-refractivity contribution is 0.150. The van der Waals surface area contributed by atoms with Crippen molar-refractivity contribution in [1.29, 1.82) is 0 Å². The molecule has 2 aromatic rings. The summed E-state index contributed by atoms with van der Waals surface area (Å²) in [5.74, 6) is 3.36. The Morgan fingerprint density at radius 2 is 0.917 bits per heavy atom. The lowest BCUT2D eigenvalue weighted by Gasteiger charge is -2.53. The Balaban J connectivity index is 1.58. The summed E-state index contributed by atoms with van der Waals surface area (Å²) < 4.78 is 1.25. The molecule has 24 heavy (non-hydrogen) atoms. The van der Waals surface area contributed by atoms with Crippen molar-refractivity contribution < 1.29 is 0 Å². The quantitative estimate of drug-likeness (QED) is 0.467. The number of rotatable bonds is 0. The standard InChI is InChI=1S/C23H23S/c1-24-22-18-10-11-19(15-7-3-2-6-14(15)18)23(22,24)21-13-12-20(22)16-8-4-5-9-17(16)21/h2-9,18-21H,10-13H2,1H3/q+1. The van der Waals surface area contributed by atoms with Crippen molar-refractivity contribution in [2.75, 3.05) is 6.26 Å². The molecule has 4 unspecified atom stereocenters. The number of hydrogen-bond acceptors (Lipinski definition) is 0.